The highest BCUT2D eigenvalue weighted by molar-refractivity contribution is 5.54. The Hall–Kier alpha value is -1.60. The molecule has 0 spiro atoms. The van der Waals surface area contributed by atoms with Crippen LogP contribution in [0.3, 0.4) is 0 Å². The predicted molar refractivity (Wildman–Crippen MR) is 52.1 cm³/mol. The van der Waals surface area contributed by atoms with E-state index in [0.717, 1.165) is 6.07 Å². The molecule has 0 atom stereocenters. The zero-order valence-electron chi connectivity index (χ0n) is 9.06. The molecule has 0 amide bonds. The van der Waals surface area contributed by atoms with Crippen LogP contribution in [0.2, 0.25) is 0 Å². The van der Waals surface area contributed by atoms with E-state index in [4.69, 9.17) is 5.73 Å². The summed E-state index contributed by atoms with van der Waals surface area (Å²) >= 11 is 0. The third-order valence-corrected chi connectivity index (χ3v) is 2.00. The molecular formula is C10H9F6NO. The van der Waals surface area contributed by atoms with Gasteiger partial charge in [-0.25, -0.2) is 0 Å². The predicted octanol–water partition coefficient (Wildman–Crippen LogP) is 3.45. The number of nitrogens with two attached hydrogens (primary N) is 1. The molecular weight excluding hydrogens is 264 g/mol. The van der Waals surface area contributed by atoms with Crippen LogP contribution >= 0.6 is 0 Å². The van der Waals surface area contributed by atoms with Crippen molar-refractivity contribution in [2.45, 2.75) is 25.4 Å². The van der Waals surface area contributed by atoms with E-state index in [0.29, 0.717) is 5.56 Å². The summed E-state index contributed by atoms with van der Waals surface area (Å²) < 4.78 is 77.3. The lowest BCUT2D eigenvalue weighted by atomic mass is 10.2. The van der Waals surface area contributed by atoms with Crippen molar-refractivity contribution in [3.05, 3.63) is 23.8 Å². The number of benzene rings is 1. The fraction of sp³-hybridized carbons (Fsp3) is 0.400. The molecule has 0 aliphatic rings. The largest absolute Gasteiger partial charge is 0.469 e. The molecule has 102 valence electrons. The molecule has 2 nitrogen and oxygen atoms in total. The summed E-state index contributed by atoms with van der Waals surface area (Å²) in [6, 6.07) is 3.49. The van der Waals surface area contributed by atoms with Gasteiger partial charge in [-0.1, -0.05) is 6.07 Å². The van der Waals surface area contributed by atoms with Crippen LogP contribution in [-0.2, 0) is 0 Å². The van der Waals surface area contributed by atoms with Crippen molar-refractivity contribution in [3.8, 4) is 5.75 Å². The minimum atomic E-state index is -5.56. The van der Waals surface area contributed by atoms with Gasteiger partial charge in [0.1, 0.15) is 5.75 Å². The van der Waals surface area contributed by atoms with Gasteiger partial charge in [0, 0.05) is 0 Å². The highest BCUT2D eigenvalue weighted by atomic mass is 19.4. The Morgan fingerprint density at radius 3 is 1.94 bits per heavy atom. The molecule has 0 heterocycles. The summed E-state index contributed by atoms with van der Waals surface area (Å²) in [5.41, 5.74) is 5.61. The van der Waals surface area contributed by atoms with E-state index in [2.05, 4.69) is 4.74 Å². The van der Waals surface area contributed by atoms with E-state index in [-0.39, 0.29) is 5.69 Å². The number of anilines is 1. The number of alkyl halides is 6. The maximum atomic E-state index is 12.2. The zero-order chi connectivity index (χ0) is 14.1. The van der Waals surface area contributed by atoms with Gasteiger partial charge in [0.05, 0.1) is 5.69 Å². The third-order valence-electron chi connectivity index (χ3n) is 2.00. The Labute approximate surface area is 98.3 Å². The zero-order valence-corrected chi connectivity index (χ0v) is 9.06. The van der Waals surface area contributed by atoms with Crippen LogP contribution in [0.5, 0.6) is 5.75 Å². The first kappa shape index (κ1) is 14.5. The summed E-state index contributed by atoms with van der Waals surface area (Å²) in [4.78, 5) is 0. The lowest BCUT2D eigenvalue weighted by molar-refractivity contribution is -0.299. The van der Waals surface area contributed by atoms with Gasteiger partial charge in [-0.3, -0.25) is 0 Å². The summed E-state index contributed by atoms with van der Waals surface area (Å²) in [6.45, 7) is 1.59. The number of aryl methyl sites for hydroxylation is 1. The maximum absolute atomic E-state index is 12.2. The van der Waals surface area contributed by atoms with Crippen LogP contribution in [0, 0.1) is 6.92 Å². The molecule has 0 aromatic heterocycles. The lowest BCUT2D eigenvalue weighted by Gasteiger charge is -2.24. The molecule has 18 heavy (non-hydrogen) atoms. The first-order chi connectivity index (χ1) is 8.01. The number of hydrogen-bond acceptors (Lipinski definition) is 2. The Kier molecular flexibility index (Phi) is 3.68. The fourth-order valence-electron chi connectivity index (χ4n) is 1.22. The van der Waals surface area contributed by atoms with E-state index in [1.165, 1.54) is 12.1 Å². The smallest absolute Gasteiger partial charge is 0.434 e. The molecule has 0 fully saturated rings. The van der Waals surface area contributed by atoms with Crippen LogP contribution in [0.15, 0.2) is 18.2 Å². The molecule has 0 aliphatic carbocycles. The molecule has 0 bridgehead atoms. The Bertz CT molecular complexity index is 411. The first-order valence-corrected chi connectivity index (χ1v) is 4.68. The van der Waals surface area contributed by atoms with Crippen LogP contribution in [0.4, 0.5) is 32.0 Å². The fourth-order valence-corrected chi connectivity index (χ4v) is 1.22. The Balaban J connectivity index is 3.05. The van der Waals surface area contributed by atoms with Crippen LogP contribution < -0.4 is 10.5 Å². The van der Waals surface area contributed by atoms with Crippen molar-refractivity contribution in [1.29, 1.82) is 0 Å². The molecule has 0 radical (unpaired) electrons. The average Bonchev–Trinajstić information content (AvgIpc) is 2.12. The normalized spacial score (nSPS) is 12.9. The van der Waals surface area contributed by atoms with E-state index in [9.17, 15) is 26.3 Å². The van der Waals surface area contributed by atoms with E-state index >= 15 is 0 Å². The standard InChI is InChI=1S/C10H9F6NO/c1-5-2-3-7(6(17)4-5)18-8(9(11,12)13)10(14,15)16/h2-4,8H,17H2,1H3. The quantitative estimate of drug-likeness (QED) is 0.661. The second kappa shape index (κ2) is 4.58. The minimum Gasteiger partial charge on any atom is -0.469 e. The second-order valence-electron chi connectivity index (χ2n) is 3.62. The highest BCUT2D eigenvalue weighted by Gasteiger charge is 2.59. The number of nitrogen functional groups attached to an aromatic ring is 1. The molecule has 0 aliphatic heterocycles. The topological polar surface area (TPSA) is 35.2 Å². The number of rotatable bonds is 2. The number of hydrogen-bond donors (Lipinski definition) is 1. The van der Waals surface area contributed by atoms with Crippen molar-refractivity contribution in [3.63, 3.8) is 0 Å². The number of halogens is 6. The molecule has 1 aromatic carbocycles. The molecule has 0 saturated carbocycles. The van der Waals surface area contributed by atoms with Crippen molar-refractivity contribution >= 4 is 5.69 Å². The average molecular weight is 273 g/mol. The van der Waals surface area contributed by atoms with Gasteiger partial charge in [0.2, 0.25) is 0 Å². The summed E-state index contributed by atoms with van der Waals surface area (Å²) in [6.07, 6.45) is -15.0. The van der Waals surface area contributed by atoms with E-state index in [1.807, 2.05) is 0 Å². The van der Waals surface area contributed by atoms with Gasteiger partial charge >= 0.3 is 12.4 Å². The SMILES string of the molecule is Cc1ccc(OC(C(F)(F)F)C(F)(F)F)c(N)c1. The summed E-state index contributed by atoms with van der Waals surface area (Å²) in [5.74, 6) is -0.653. The van der Waals surface area contributed by atoms with Crippen molar-refractivity contribution < 1.29 is 31.1 Å². The minimum absolute atomic E-state index is 0.284. The van der Waals surface area contributed by atoms with Crippen molar-refractivity contribution in [2.75, 3.05) is 5.73 Å². The van der Waals surface area contributed by atoms with Gasteiger partial charge in [-0.2, -0.15) is 26.3 Å². The molecule has 0 saturated heterocycles. The van der Waals surface area contributed by atoms with Gasteiger partial charge in [0.15, 0.2) is 0 Å². The Morgan fingerprint density at radius 2 is 1.56 bits per heavy atom. The number of ether oxygens (including phenoxy) is 1. The lowest BCUT2D eigenvalue weighted by Crippen LogP contribution is -2.46. The second-order valence-corrected chi connectivity index (χ2v) is 3.62. The van der Waals surface area contributed by atoms with E-state index < -0.39 is 24.2 Å². The maximum Gasteiger partial charge on any atom is 0.434 e. The van der Waals surface area contributed by atoms with Gasteiger partial charge < -0.3 is 10.5 Å². The van der Waals surface area contributed by atoms with Crippen LogP contribution in [0.25, 0.3) is 0 Å². The highest BCUT2D eigenvalue weighted by Crippen LogP contribution is 2.37. The summed E-state index contributed by atoms with van der Waals surface area (Å²) in [5, 5.41) is 0. The molecule has 2 N–H and O–H groups in total. The first-order valence-electron chi connectivity index (χ1n) is 4.68. The van der Waals surface area contributed by atoms with Gasteiger partial charge in [0.25, 0.3) is 6.10 Å². The van der Waals surface area contributed by atoms with Gasteiger partial charge in [-0.15, -0.1) is 0 Å². The van der Waals surface area contributed by atoms with Crippen molar-refractivity contribution in [1.82, 2.24) is 0 Å². The van der Waals surface area contributed by atoms with Gasteiger partial charge in [-0.05, 0) is 24.6 Å². The monoisotopic (exact) mass is 273 g/mol. The molecule has 1 rings (SSSR count). The molecule has 1 aromatic rings. The van der Waals surface area contributed by atoms with E-state index in [1.54, 1.807) is 6.92 Å². The molecule has 8 heteroatoms. The van der Waals surface area contributed by atoms with Crippen LogP contribution in [0.1, 0.15) is 5.56 Å². The van der Waals surface area contributed by atoms with Crippen LogP contribution in [-0.4, -0.2) is 18.5 Å². The summed E-state index contributed by atoms with van der Waals surface area (Å²) in [7, 11) is 0. The third kappa shape index (κ3) is 3.44. The molecule has 0 unspecified atom stereocenters. The Morgan fingerprint density at radius 1 is 1.06 bits per heavy atom. The van der Waals surface area contributed by atoms with Crippen molar-refractivity contribution in [2.24, 2.45) is 0 Å².